The van der Waals surface area contributed by atoms with Crippen LogP contribution in [-0.2, 0) is 14.4 Å². The smallest absolute Gasteiger partial charge is 0.287 e. The molecule has 0 radical (unpaired) electrons. The van der Waals surface area contributed by atoms with Crippen LogP contribution >= 0.6 is 0 Å². The minimum Gasteiger partial charge on any atom is -0.496 e. The Kier molecular flexibility index (Phi) is 8.89. The second-order valence-electron chi connectivity index (χ2n) is 6.75. The average molecular weight is 396 g/mol. The molecule has 0 fully saturated rings. The van der Waals surface area contributed by atoms with E-state index >= 15 is 0 Å². The predicted octanol–water partition coefficient (Wildman–Crippen LogP) is 3.96. The first-order chi connectivity index (χ1) is 14.0. The number of carbonyl (C=O) groups excluding carboxylic acids is 3. The van der Waals surface area contributed by atoms with Gasteiger partial charge in [-0.1, -0.05) is 43.2 Å². The Labute approximate surface area is 171 Å². The fraction of sp³-hybridized carbons (Fsp3) is 0.348. The maximum Gasteiger partial charge on any atom is 0.287 e. The van der Waals surface area contributed by atoms with E-state index in [9.17, 15) is 14.4 Å². The van der Waals surface area contributed by atoms with Gasteiger partial charge in [0.2, 0.25) is 11.7 Å². The molecule has 0 bridgehead atoms. The van der Waals surface area contributed by atoms with E-state index in [-0.39, 0.29) is 18.1 Å². The van der Waals surface area contributed by atoms with E-state index in [2.05, 4.69) is 10.6 Å². The van der Waals surface area contributed by atoms with Crippen LogP contribution in [0.1, 0.15) is 38.5 Å². The lowest BCUT2D eigenvalue weighted by molar-refractivity contribution is -0.137. The third-order valence-corrected chi connectivity index (χ3v) is 4.61. The van der Waals surface area contributed by atoms with Crippen molar-refractivity contribution in [2.75, 3.05) is 19.5 Å². The van der Waals surface area contributed by atoms with Gasteiger partial charge < -0.3 is 15.4 Å². The SMILES string of the molecule is CNC(=O)C(=O)CCCCCCC(=O)Nc1ccc(OC)c(-c2ccccc2)c1. The highest BCUT2D eigenvalue weighted by Crippen LogP contribution is 2.32. The molecule has 0 aliphatic rings. The molecule has 0 atom stereocenters. The van der Waals surface area contributed by atoms with Gasteiger partial charge in [-0.3, -0.25) is 14.4 Å². The van der Waals surface area contributed by atoms with E-state index in [1.807, 2.05) is 48.5 Å². The van der Waals surface area contributed by atoms with Gasteiger partial charge in [0.15, 0.2) is 0 Å². The maximum atomic E-state index is 12.2. The highest BCUT2D eigenvalue weighted by atomic mass is 16.5. The highest BCUT2D eigenvalue weighted by Gasteiger charge is 2.11. The fourth-order valence-electron chi connectivity index (χ4n) is 3.03. The van der Waals surface area contributed by atoms with Crippen LogP contribution in [0, 0.1) is 0 Å². The van der Waals surface area contributed by atoms with E-state index < -0.39 is 5.91 Å². The molecule has 2 rings (SSSR count). The van der Waals surface area contributed by atoms with Crippen LogP contribution in [0.15, 0.2) is 48.5 Å². The molecule has 154 valence electrons. The van der Waals surface area contributed by atoms with Gasteiger partial charge in [-0.15, -0.1) is 0 Å². The number of ketones is 1. The third-order valence-electron chi connectivity index (χ3n) is 4.61. The van der Waals surface area contributed by atoms with Crippen molar-refractivity contribution >= 4 is 23.3 Å². The Bertz CT molecular complexity index is 834. The molecule has 6 heteroatoms. The maximum absolute atomic E-state index is 12.2. The number of hydrogen-bond donors (Lipinski definition) is 2. The zero-order valence-corrected chi connectivity index (χ0v) is 17.0. The van der Waals surface area contributed by atoms with Gasteiger partial charge in [-0.05, 0) is 36.6 Å². The van der Waals surface area contributed by atoms with Crippen LogP contribution in [0.3, 0.4) is 0 Å². The quantitative estimate of drug-likeness (QED) is 0.445. The fourth-order valence-corrected chi connectivity index (χ4v) is 3.03. The van der Waals surface area contributed by atoms with Crippen LogP contribution in [0.25, 0.3) is 11.1 Å². The monoisotopic (exact) mass is 396 g/mol. The second kappa shape index (κ2) is 11.6. The molecule has 0 aliphatic carbocycles. The van der Waals surface area contributed by atoms with Gasteiger partial charge in [0.1, 0.15) is 5.75 Å². The van der Waals surface area contributed by atoms with Crippen LogP contribution in [-0.4, -0.2) is 31.8 Å². The number of ether oxygens (including phenoxy) is 1. The minimum absolute atomic E-state index is 0.0457. The number of likely N-dealkylation sites (N-methyl/N-ethyl adjacent to an activating group) is 1. The molecule has 0 heterocycles. The lowest BCUT2D eigenvalue weighted by atomic mass is 10.0. The molecular weight excluding hydrogens is 368 g/mol. The topological polar surface area (TPSA) is 84.5 Å². The standard InChI is InChI=1S/C23H28N2O4/c1-24-23(28)20(26)12-8-3-4-9-13-22(27)25-18-14-15-21(29-2)19(16-18)17-10-6-5-7-11-17/h5-7,10-11,14-16H,3-4,8-9,12-13H2,1-2H3,(H,24,28)(H,25,27). The summed E-state index contributed by atoms with van der Waals surface area (Å²) in [5, 5.41) is 5.26. The Morgan fingerprint density at radius 2 is 1.59 bits per heavy atom. The number of anilines is 1. The van der Waals surface area contributed by atoms with Crippen LogP contribution < -0.4 is 15.4 Å². The Balaban J connectivity index is 1.79. The van der Waals surface area contributed by atoms with Gasteiger partial charge in [0.25, 0.3) is 5.91 Å². The van der Waals surface area contributed by atoms with Gasteiger partial charge in [0, 0.05) is 31.1 Å². The molecule has 29 heavy (non-hydrogen) atoms. The van der Waals surface area contributed by atoms with Crippen LogP contribution in [0.2, 0.25) is 0 Å². The van der Waals surface area contributed by atoms with E-state index in [1.165, 1.54) is 7.05 Å². The number of rotatable bonds is 11. The molecule has 0 saturated heterocycles. The van der Waals surface area contributed by atoms with Crippen LogP contribution in [0.4, 0.5) is 5.69 Å². The summed E-state index contributed by atoms with van der Waals surface area (Å²) in [5.74, 6) is -0.228. The summed E-state index contributed by atoms with van der Waals surface area (Å²) in [4.78, 5) is 34.8. The summed E-state index contributed by atoms with van der Waals surface area (Å²) in [6, 6.07) is 15.5. The molecule has 2 aromatic rings. The summed E-state index contributed by atoms with van der Waals surface area (Å²) in [6.45, 7) is 0. The number of nitrogens with one attached hydrogen (secondary N) is 2. The number of amides is 2. The van der Waals surface area contributed by atoms with Crippen molar-refractivity contribution in [1.29, 1.82) is 0 Å². The van der Waals surface area contributed by atoms with Crippen molar-refractivity contribution in [3.8, 4) is 16.9 Å². The third kappa shape index (κ3) is 7.07. The molecule has 2 N–H and O–H groups in total. The van der Waals surface area contributed by atoms with E-state index in [0.29, 0.717) is 12.8 Å². The summed E-state index contributed by atoms with van der Waals surface area (Å²) < 4.78 is 5.44. The van der Waals surface area contributed by atoms with Crippen molar-refractivity contribution < 1.29 is 19.1 Å². The first-order valence-electron chi connectivity index (χ1n) is 9.83. The molecule has 2 aromatic carbocycles. The largest absolute Gasteiger partial charge is 0.496 e. The molecule has 0 spiro atoms. The first kappa shape index (κ1) is 22.1. The number of methoxy groups -OCH3 is 1. The molecule has 2 amide bonds. The van der Waals surface area contributed by atoms with Gasteiger partial charge >= 0.3 is 0 Å². The Hall–Kier alpha value is -3.15. The number of benzene rings is 2. The van der Waals surface area contributed by atoms with Gasteiger partial charge in [-0.25, -0.2) is 0 Å². The predicted molar refractivity (Wildman–Crippen MR) is 114 cm³/mol. The van der Waals surface area contributed by atoms with Gasteiger partial charge in [-0.2, -0.15) is 0 Å². The van der Waals surface area contributed by atoms with Gasteiger partial charge in [0.05, 0.1) is 7.11 Å². The summed E-state index contributed by atoms with van der Waals surface area (Å²) in [6.07, 6.45) is 3.72. The zero-order chi connectivity index (χ0) is 21.1. The molecule has 6 nitrogen and oxygen atoms in total. The molecular formula is C23H28N2O4. The minimum atomic E-state index is -0.543. The number of Topliss-reactive ketones (excluding diaryl/α,β-unsaturated/α-hetero) is 1. The highest BCUT2D eigenvalue weighted by molar-refractivity contribution is 6.36. The van der Waals surface area contributed by atoms with E-state index in [1.54, 1.807) is 7.11 Å². The average Bonchev–Trinajstić information content (AvgIpc) is 2.75. The van der Waals surface area contributed by atoms with E-state index in [4.69, 9.17) is 4.74 Å². The Morgan fingerprint density at radius 3 is 2.24 bits per heavy atom. The molecule has 0 saturated carbocycles. The summed E-state index contributed by atoms with van der Waals surface area (Å²) in [5.41, 5.74) is 2.67. The lowest BCUT2D eigenvalue weighted by Crippen LogP contribution is -2.27. The molecule has 0 unspecified atom stereocenters. The lowest BCUT2D eigenvalue weighted by Gasteiger charge is -2.12. The summed E-state index contributed by atoms with van der Waals surface area (Å²) >= 11 is 0. The molecule has 0 aromatic heterocycles. The van der Waals surface area contributed by atoms with Crippen molar-refractivity contribution in [2.24, 2.45) is 0 Å². The van der Waals surface area contributed by atoms with Crippen molar-refractivity contribution in [2.45, 2.75) is 38.5 Å². The van der Waals surface area contributed by atoms with Crippen molar-refractivity contribution in [1.82, 2.24) is 5.32 Å². The summed E-state index contributed by atoms with van der Waals surface area (Å²) in [7, 11) is 3.08. The number of hydrogen-bond acceptors (Lipinski definition) is 4. The second-order valence-corrected chi connectivity index (χ2v) is 6.75. The Morgan fingerprint density at radius 1 is 0.897 bits per heavy atom. The van der Waals surface area contributed by atoms with Crippen molar-refractivity contribution in [3.05, 3.63) is 48.5 Å². The first-order valence-corrected chi connectivity index (χ1v) is 9.83. The van der Waals surface area contributed by atoms with Crippen molar-refractivity contribution in [3.63, 3.8) is 0 Å². The van der Waals surface area contributed by atoms with Crippen LogP contribution in [0.5, 0.6) is 5.75 Å². The zero-order valence-electron chi connectivity index (χ0n) is 17.0. The molecule has 0 aliphatic heterocycles. The normalized spacial score (nSPS) is 10.3. The number of unbranched alkanes of at least 4 members (excludes halogenated alkanes) is 3. The van der Waals surface area contributed by atoms with E-state index in [0.717, 1.165) is 41.8 Å². The number of carbonyl (C=O) groups is 3.